The quantitative estimate of drug-likeness (QED) is 0.759. The zero-order valence-electron chi connectivity index (χ0n) is 11.4. The smallest absolute Gasteiger partial charge is 0.192 e. The van der Waals surface area contributed by atoms with Gasteiger partial charge in [0.05, 0.1) is 25.4 Å². The molecule has 4 heteroatoms. The van der Waals surface area contributed by atoms with Crippen LogP contribution >= 0.6 is 0 Å². The molecule has 3 atom stereocenters. The molecule has 0 amide bonds. The number of aliphatic hydroxyl groups excluding tert-OH is 1. The van der Waals surface area contributed by atoms with Crippen LogP contribution in [0.15, 0.2) is 0 Å². The third kappa shape index (κ3) is 3.28. The molecule has 0 aromatic heterocycles. The normalized spacial score (nSPS) is 34.3. The fourth-order valence-corrected chi connectivity index (χ4v) is 2.57. The zero-order chi connectivity index (χ0) is 12.6. The van der Waals surface area contributed by atoms with E-state index in [2.05, 4.69) is 33.9 Å². The molecular weight excluding hydrogens is 208 g/mol. The van der Waals surface area contributed by atoms with Gasteiger partial charge < -0.3 is 14.3 Å². The fraction of sp³-hybridized carbons (Fsp3) is 1.00. The van der Waals surface area contributed by atoms with Crippen LogP contribution in [-0.2, 0) is 9.16 Å². The van der Waals surface area contributed by atoms with Gasteiger partial charge in [-0.3, -0.25) is 0 Å². The molecule has 0 aromatic rings. The second-order valence-electron chi connectivity index (χ2n) is 5.66. The maximum atomic E-state index is 9.02. The highest BCUT2D eigenvalue weighted by Crippen LogP contribution is 2.38. The van der Waals surface area contributed by atoms with Crippen LogP contribution in [-0.4, -0.2) is 38.8 Å². The lowest BCUT2D eigenvalue weighted by atomic mass is 10.2. The van der Waals surface area contributed by atoms with Crippen molar-refractivity contribution in [1.29, 1.82) is 0 Å². The molecule has 1 N–H and O–H groups in total. The predicted octanol–water partition coefficient (Wildman–Crippen LogP) is 2.16. The molecule has 1 aliphatic rings. The van der Waals surface area contributed by atoms with Crippen molar-refractivity contribution in [2.24, 2.45) is 0 Å². The number of ether oxygens (including phenoxy) is 1. The molecule has 3 nitrogen and oxygen atoms in total. The summed E-state index contributed by atoms with van der Waals surface area (Å²) < 4.78 is 19.4. The average Bonchev–Trinajstić information content (AvgIpc) is 2.45. The lowest BCUT2D eigenvalue weighted by Gasteiger charge is -2.38. The summed E-state index contributed by atoms with van der Waals surface area (Å²) in [7, 11) is -1.84. The summed E-state index contributed by atoms with van der Waals surface area (Å²) in [6.45, 7) is 11.2. The second-order valence-corrected chi connectivity index (χ2v) is 10.4. The van der Waals surface area contributed by atoms with E-state index in [4.69, 9.17) is 15.6 Å². The highest BCUT2D eigenvalue weighted by atomic mass is 28.4. The number of rotatable bonds is 3. The van der Waals surface area contributed by atoms with Gasteiger partial charge in [0.1, 0.15) is 0 Å². The van der Waals surface area contributed by atoms with Gasteiger partial charge in [-0.2, -0.15) is 0 Å². The first kappa shape index (κ1) is 11.6. The van der Waals surface area contributed by atoms with E-state index in [0.29, 0.717) is 6.61 Å². The van der Waals surface area contributed by atoms with Gasteiger partial charge in [0, 0.05) is 7.77 Å². The minimum Gasteiger partial charge on any atom is -0.411 e. The molecule has 15 heavy (non-hydrogen) atoms. The topological polar surface area (TPSA) is 38.7 Å². The van der Waals surface area contributed by atoms with Crippen LogP contribution in [0.25, 0.3) is 0 Å². The molecule has 0 aromatic carbocycles. The summed E-state index contributed by atoms with van der Waals surface area (Å²) in [6, 6.07) is 0. The molecule has 0 aliphatic carbocycles. The highest BCUT2D eigenvalue weighted by molar-refractivity contribution is 6.74. The Labute approximate surface area is 95.3 Å². The van der Waals surface area contributed by atoms with E-state index in [-0.39, 0.29) is 23.9 Å². The first-order valence-electron chi connectivity index (χ1n) is 6.09. The first-order valence-corrected chi connectivity index (χ1v) is 8.42. The van der Waals surface area contributed by atoms with E-state index < -0.39 is 14.7 Å². The Morgan fingerprint density at radius 2 is 2.13 bits per heavy atom. The van der Waals surface area contributed by atoms with Crippen molar-refractivity contribution in [2.75, 3.05) is 13.2 Å². The van der Waals surface area contributed by atoms with Gasteiger partial charge in [-0.25, -0.2) is 0 Å². The Morgan fingerprint density at radius 3 is 2.53 bits per heavy atom. The molecule has 1 heterocycles. The summed E-state index contributed by atoms with van der Waals surface area (Å²) in [6.07, 6.45) is -1.02. The fourth-order valence-electron chi connectivity index (χ4n) is 1.31. The van der Waals surface area contributed by atoms with Crippen molar-refractivity contribution in [2.45, 2.75) is 57.5 Å². The van der Waals surface area contributed by atoms with Crippen molar-refractivity contribution in [3.63, 3.8) is 0 Å². The lowest BCUT2D eigenvalue weighted by Crippen LogP contribution is -2.44. The molecule has 1 unspecified atom stereocenters. The van der Waals surface area contributed by atoms with Crippen LogP contribution in [0.5, 0.6) is 0 Å². The molecule has 1 saturated heterocycles. The summed E-state index contributed by atoms with van der Waals surface area (Å²) in [5.41, 5.74) is 0. The van der Waals surface area contributed by atoms with Gasteiger partial charge in [-0.15, -0.1) is 0 Å². The maximum absolute atomic E-state index is 9.02. The highest BCUT2D eigenvalue weighted by Gasteiger charge is 2.40. The van der Waals surface area contributed by atoms with Gasteiger partial charge in [0.25, 0.3) is 0 Å². The molecule has 0 radical (unpaired) electrons. The SMILES string of the molecule is [2H]C1[C@@H](CO)OC[C@H]1O[Si](C)(C)C(C)(C)C. The van der Waals surface area contributed by atoms with Gasteiger partial charge in [0.2, 0.25) is 0 Å². The van der Waals surface area contributed by atoms with Crippen molar-refractivity contribution in [3.8, 4) is 0 Å². The Kier molecular flexibility index (Phi) is 3.50. The Bertz CT molecular complexity index is 240. The summed E-state index contributed by atoms with van der Waals surface area (Å²) >= 11 is 0. The van der Waals surface area contributed by atoms with Gasteiger partial charge in [0.15, 0.2) is 8.32 Å². The van der Waals surface area contributed by atoms with Gasteiger partial charge >= 0.3 is 0 Å². The van der Waals surface area contributed by atoms with Gasteiger partial charge in [-0.05, 0) is 18.1 Å². The monoisotopic (exact) mass is 233 g/mol. The third-order valence-corrected chi connectivity index (χ3v) is 7.84. The molecular formula is C11H24O3Si. The molecule has 0 spiro atoms. The second kappa shape index (κ2) is 4.53. The molecule has 90 valence electrons. The molecule has 0 bridgehead atoms. The zero-order valence-corrected chi connectivity index (χ0v) is 11.4. The molecule has 0 saturated carbocycles. The largest absolute Gasteiger partial charge is 0.411 e. The molecule has 1 aliphatic heterocycles. The van der Waals surface area contributed by atoms with E-state index >= 15 is 0 Å². The molecule has 1 rings (SSSR count). The average molecular weight is 233 g/mol. The van der Waals surface area contributed by atoms with E-state index in [9.17, 15) is 0 Å². The summed E-state index contributed by atoms with van der Waals surface area (Å²) in [5, 5.41) is 9.17. The van der Waals surface area contributed by atoms with Crippen LogP contribution in [0.1, 0.15) is 28.5 Å². The van der Waals surface area contributed by atoms with E-state index in [1.807, 2.05) is 0 Å². The van der Waals surface area contributed by atoms with Crippen LogP contribution in [0.4, 0.5) is 0 Å². The van der Waals surface area contributed by atoms with Crippen LogP contribution in [0, 0.1) is 0 Å². The Balaban J connectivity index is 2.62. The van der Waals surface area contributed by atoms with Crippen LogP contribution in [0.2, 0.25) is 18.1 Å². The van der Waals surface area contributed by atoms with Crippen molar-refractivity contribution in [3.05, 3.63) is 0 Å². The molecule has 1 fully saturated rings. The van der Waals surface area contributed by atoms with E-state index in [1.165, 1.54) is 0 Å². The standard InChI is InChI=1S/C11H24O3Si/c1-11(2,3)15(4,5)14-10-6-9(7-12)13-8-10/h9-10,12H,6-8H2,1-5H3/t9-,10-/m0/s1/i6D/t6?,9-,10-. The third-order valence-electron chi connectivity index (χ3n) is 3.34. The summed E-state index contributed by atoms with van der Waals surface area (Å²) in [5.74, 6) is 0. The van der Waals surface area contributed by atoms with Crippen molar-refractivity contribution < 1.29 is 15.6 Å². The van der Waals surface area contributed by atoms with Crippen molar-refractivity contribution >= 4 is 8.32 Å². The Morgan fingerprint density at radius 1 is 1.53 bits per heavy atom. The van der Waals surface area contributed by atoms with Gasteiger partial charge in [-0.1, -0.05) is 20.8 Å². The number of hydrogen-bond donors (Lipinski definition) is 1. The Hall–Kier alpha value is 0.0969. The van der Waals surface area contributed by atoms with Crippen LogP contribution < -0.4 is 0 Å². The lowest BCUT2D eigenvalue weighted by molar-refractivity contribution is 0.0524. The minimum atomic E-state index is -1.84. The van der Waals surface area contributed by atoms with Crippen LogP contribution in [0.3, 0.4) is 0 Å². The van der Waals surface area contributed by atoms with Crippen molar-refractivity contribution in [1.82, 2.24) is 0 Å². The summed E-state index contributed by atoms with van der Waals surface area (Å²) in [4.78, 5) is 0. The minimum absolute atomic E-state index is 0.0917. The number of hydrogen-bond acceptors (Lipinski definition) is 3. The predicted molar refractivity (Wildman–Crippen MR) is 63.5 cm³/mol. The maximum Gasteiger partial charge on any atom is 0.192 e. The number of aliphatic hydroxyl groups is 1. The van der Waals surface area contributed by atoms with E-state index in [0.717, 1.165) is 0 Å². The first-order chi connectivity index (χ1) is 7.19. The van der Waals surface area contributed by atoms with E-state index in [1.54, 1.807) is 0 Å².